The molecular formula is C47H64F3N9O4. The number of carbonyl (C=O) groups excluding carboxylic acids is 3. The van der Waals surface area contributed by atoms with Crippen molar-refractivity contribution in [3.05, 3.63) is 66.0 Å². The van der Waals surface area contributed by atoms with Crippen LogP contribution in [0.1, 0.15) is 89.2 Å². The van der Waals surface area contributed by atoms with Gasteiger partial charge < -0.3 is 39.9 Å². The van der Waals surface area contributed by atoms with Crippen molar-refractivity contribution in [2.45, 2.75) is 133 Å². The fourth-order valence-corrected chi connectivity index (χ4v) is 10.8. The Hall–Kier alpha value is -4.54. The summed E-state index contributed by atoms with van der Waals surface area (Å²) < 4.78 is 46.4. The van der Waals surface area contributed by atoms with Gasteiger partial charge in [-0.15, -0.1) is 0 Å². The fraction of sp³-hybridized carbons (Fsp3) is 0.638. The van der Waals surface area contributed by atoms with E-state index in [-0.39, 0.29) is 53.2 Å². The van der Waals surface area contributed by atoms with Gasteiger partial charge in [0.1, 0.15) is 24.8 Å². The standard InChI is InChI=1S/C47H64F3N9O4/c1-31(2)55(3)37-10-12-42(59-26-19-40(45(59)61)53-43-38-27-34(47(48,49)50)9-11-39(38)51-30-52-43)41(28-37)54-44(60)33-13-20-56(21-14-33)35-15-22-57(23-16-35)36-17-24-58(25-18-36)46(62)63-29-32-7-5-4-6-8-32/h4-9,11,27,30-31,33,35-37,40-42H,10,12-26,28-29H2,1-3H3,(H,54,60)(H,51,52,53)/t37-,40+,41-,42+/m1/s1. The van der Waals surface area contributed by atoms with Gasteiger partial charge in [-0.05, 0) is 135 Å². The summed E-state index contributed by atoms with van der Waals surface area (Å²) in [6.45, 7) is 10.4. The Labute approximate surface area is 369 Å². The molecule has 4 atom stereocenters. The first-order valence-electron chi connectivity index (χ1n) is 23.2. The van der Waals surface area contributed by atoms with Gasteiger partial charge in [-0.1, -0.05) is 30.3 Å². The van der Waals surface area contributed by atoms with Crippen LogP contribution in [0.3, 0.4) is 0 Å². The predicted molar refractivity (Wildman–Crippen MR) is 235 cm³/mol. The van der Waals surface area contributed by atoms with Gasteiger partial charge >= 0.3 is 12.3 Å². The first-order valence-corrected chi connectivity index (χ1v) is 23.2. The van der Waals surface area contributed by atoms with Crippen molar-refractivity contribution in [1.82, 2.24) is 39.8 Å². The molecule has 1 saturated carbocycles. The highest BCUT2D eigenvalue weighted by Gasteiger charge is 2.44. The first-order chi connectivity index (χ1) is 30.3. The number of aromatic nitrogens is 2. The molecular weight excluding hydrogens is 812 g/mol. The summed E-state index contributed by atoms with van der Waals surface area (Å²) in [5.41, 5.74) is 0.550. The summed E-state index contributed by atoms with van der Waals surface area (Å²) in [7, 11) is 2.13. The second-order valence-electron chi connectivity index (χ2n) is 18.7. The lowest BCUT2D eigenvalue weighted by Gasteiger charge is -2.46. The predicted octanol–water partition coefficient (Wildman–Crippen LogP) is 6.39. The molecule has 3 aromatic rings. The summed E-state index contributed by atoms with van der Waals surface area (Å²) in [4.78, 5) is 60.6. The van der Waals surface area contributed by atoms with E-state index in [9.17, 15) is 27.6 Å². The van der Waals surface area contributed by atoms with Crippen molar-refractivity contribution in [2.24, 2.45) is 5.92 Å². The van der Waals surface area contributed by atoms with Crippen molar-refractivity contribution in [3.8, 4) is 0 Å². The maximum absolute atomic E-state index is 14.1. The molecule has 4 aliphatic heterocycles. The van der Waals surface area contributed by atoms with Crippen LogP contribution in [-0.4, -0.2) is 148 Å². The normalized spacial score (nSPS) is 25.3. The maximum Gasteiger partial charge on any atom is 0.416 e. The monoisotopic (exact) mass is 876 g/mol. The third-order valence-corrected chi connectivity index (χ3v) is 14.8. The maximum atomic E-state index is 14.1. The van der Waals surface area contributed by atoms with Crippen molar-refractivity contribution >= 4 is 34.6 Å². The molecule has 0 spiro atoms. The van der Waals surface area contributed by atoms with E-state index in [2.05, 4.69) is 56.2 Å². The van der Waals surface area contributed by atoms with E-state index >= 15 is 0 Å². The molecule has 13 nitrogen and oxygen atoms in total. The molecule has 8 rings (SSSR count). The number of nitrogens with zero attached hydrogens (tertiary/aromatic N) is 7. The molecule has 342 valence electrons. The molecule has 2 N–H and O–H groups in total. The minimum atomic E-state index is -4.53. The van der Waals surface area contributed by atoms with Gasteiger partial charge in [0.05, 0.1) is 23.2 Å². The van der Waals surface area contributed by atoms with Gasteiger partial charge in [-0.25, -0.2) is 14.8 Å². The van der Waals surface area contributed by atoms with Crippen LogP contribution in [0.15, 0.2) is 54.9 Å². The largest absolute Gasteiger partial charge is 0.445 e. The van der Waals surface area contributed by atoms with Gasteiger partial charge in [0.2, 0.25) is 11.8 Å². The number of hydrogen-bond acceptors (Lipinski definition) is 10. The molecule has 5 heterocycles. The number of benzene rings is 2. The third-order valence-electron chi connectivity index (χ3n) is 14.8. The molecule has 16 heteroatoms. The Morgan fingerprint density at radius 2 is 1.51 bits per heavy atom. The number of likely N-dealkylation sites (tertiary alicyclic amines) is 4. The Morgan fingerprint density at radius 1 is 0.841 bits per heavy atom. The molecule has 5 fully saturated rings. The lowest BCUT2D eigenvalue weighted by molar-refractivity contribution is -0.137. The third kappa shape index (κ3) is 10.5. The average Bonchev–Trinajstić information content (AvgIpc) is 3.66. The number of piperidine rings is 3. The van der Waals surface area contributed by atoms with Crippen LogP contribution in [0.2, 0.25) is 0 Å². The second-order valence-corrected chi connectivity index (χ2v) is 18.7. The summed E-state index contributed by atoms with van der Waals surface area (Å²) in [6, 6.07) is 13.6. The number of alkyl halides is 3. The summed E-state index contributed by atoms with van der Waals surface area (Å²) in [5, 5.41) is 6.84. The highest BCUT2D eigenvalue weighted by molar-refractivity contribution is 5.93. The van der Waals surface area contributed by atoms with Crippen molar-refractivity contribution in [3.63, 3.8) is 0 Å². The number of rotatable bonds is 11. The first kappa shape index (κ1) is 45.0. The Morgan fingerprint density at radius 3 is 2.17 bits per heavy atom. The topological polar surface area (TPSA) is 126 Å². The van der Waals surface area contributed by atoms with Crippen LogP contribution in [0.5, 0.6) is 0 Å². The molecule has 0 unspecified atom stereocenters. The van der Waals surface area contributed by atoms with Crippen molar-refractivity contribution in [2.75, 3.05) is 58.2 Å². The molecule has 1 aliphatic carbocycles. The zero-order chi connectivity index (χ0) is 44.3. The van der Waals surface area contributed by atoms with Crippen LogP contribution in [0, 0.1) is 5.92 Å². The van der Waals surface area contributed by atoms with E-state index in [1.807, 2.05) is 40.1 Å². The molecule has 2 aromatic carbocycles. The fourth-order valence-electron chi connectivity index (χ4n) is 10.8. The average molecular weight is 876 g/mol. The van der Waals surface area contributed by atoms with Gasteiger partial charge in [-0.2, -0.15) is 13.2 Å². The minimum Gasteiger partial charge on any atom is -0.445 e. The SMILES string of the molecule is CC(C)N(C)[C@@H]1CC[C@H](N2CC[C@H](Nc3ncnc4ccc(C(F)(F)F)cc34)C2=O)[C@H](NC(=O)C2CCN(C3CCN(C4CCN(C(=O)OCc5ccccc5)CC4)CC3)CC2)C1. The number of amides is 3. The molecule has 5 aliphatic rings. The number of carbonyl (C=O) groups is 3. The zero-order valence-electron chi connectivity index (χ0n) is 36.9. The van der Waals surface area contributed by atoms with Gasteiger partial charge in [0, 0.05) is 55.1 Å². The number of ether oxygens (including phenoxy) is 1. The quantitative estimate of drug-likeness (QED) is 0.224. The molecule has 0 bridgehead atoms. The van der Waals surface area contributed by atoms with Crippen LogP contribution in [0.25, 0.3) is 10.9 Å². The van der Waals surface area contributed by atoms with Crippen molar-refractivity contribution in [1.29, 1.82) is 0 Å². The van der Waals surface area contributed by atoms with E-state index < -0.39 is 17.8 Å². The number of anilines is 1. The smallest absolute Gasteiger partial charge is 0.416 e. The van der Waals surface area contributed by atoms with E-state index in [0.717, 1.165) is 115 Å². The lowest BCUT2D eigenvalue weighted by Crippen LogP contribution is -2.59. The van der Waals surface area contributed by atoms with Gasteiger partial charge in [0.15, 0.2) is 0 Å². The zero-order valence-corrected chi connectivity index (χ0v) is 36.9. The van der Waals surface area contributed by atoms with Crippen LogP contribution < -0.4 is 10.6 Å². The van der Waals surface area contributed by atoms with Gasteiger partial charge in [-0.3, -0.25) is 9.59 Å². The number of hydrogen-bond donors (Lipinski definition) is 2. The second kappa shape index (κ2) is 19.7. The molecule has 4 saturated heterocycles. The Bertz CT molecular complexity index is 2030. The minimum absolute atomic E-state index is 0.0665. The van der Waals surface area contributed by atoms with E-state index in [1.165, 1.54) is 12.4 Å². The highest BCUT2D eigenvalue weighted by Crippen LogP contribution is 2.35. The summed E-state index contributed by atoms with van der Waals surface area (Å²) >= 11 is 0. The summed E-state index contributed by atoms with van der Waals surface area (Å²) in [6.07, 6.45) is 5.11. The molecule has 0 radical (unpaired) electrons. The summed E-state index contributed by atoms with van der Waals surface area (Å²) in [5.74, 6) is 0.0483. The lowest BCUT2D eigenvalue weighted by atomic mass is 9.83. The van der Waals surface area contributed by atoms with Crippen LogP contribution in [0.4, 0.5) is 23.8 Å². The molecule has 3 amide bonds. The molecule has 63 heavy (non-hydrogen) atoms. The van der Waals surface area contributed by atoms with E-state index in [4.69, 9.17) is 4.74 Å². The Kier molecular flexibility index (Phi) is 14.1. The van der Waals surface area contributed by atoms with Gasteiger partial charge in [0.25, 0.3) is 0 Å². The Balaban J connectivity index is 0.820. The number of halogens is 3. The van der Waals surface area contributed by atoms with E-state index in [0.29, 0.717) is 43.2 Å². The number of fused-ring (bicyclic) bond motifs is 1. The van der Waals surface area contributed by atoms with Crippen LogP contribution >= 0.6 is 0 Å². The van der Waals surface area contributed by atoms with E-state index in [1.54, 1.807) is 0 Å². The van der Waals surface area contributed by atoms with Crippen molar-refractivity contribution < 1.29 is 32.3 Å². The highest BCUT2D eigenvalue weighted by atomic mass is 19.4. The van der Waals surface area contributed by atoms with Crippen LogP contribution in [-0.2, 0) is 27.1 Å². The number of nitrogens with one attached hydrogen (secondary N) is 2. The molecule has 1 aromatic heterocycles.